The summed E-state index contributed by atoms with van der Waals surface area (Å²) in [5.74, 6) is 0.511. The third kappa shape index (κ3) is 3.15. The van der Waals surface area contributed by atoms with Gasteiger partial charge in [0.1, 0.15) is 6.17 Å². The van der Waals surface area contributed by atoms with Crippen LogP contribution >= 0.6 is 11.6 Å². The Morgan fingerprint density at radius 2 is 1.95 bits per heavy atom. The van der Waals surface area contributed by atoms with E-state index < -0.39 is 0 Å². The van der Waals surface area contributed by atoms with E-state index in [2.05, 4.69) is 26.1 Å². The van der Waals surface area contributed by atoms with E-state index in [9.17, 15) is 4.79 Å². The van der Waals surface area contributed by atoms with Gasteiger partial charge in [-0.1, -0.05) is 50.9 Å². The molecule has 1 heterocycles. The van der Waals surface area contributed by atoms with Crippen molar-refractivity contribution in [2.24, 2.45) is 5.92 Å². The minimum Gasteiger partial charge on any atom is -0.322 e. The van der Waals surface area contributed by atoms with Gasteiger partial charge in [0, 0.05) is 11.6 Å². The molecule has 1 aliphatic heterocycles. The molecule has 1 fully saturated rings. The van der Waals surface area contributed by atoms with Crippen LogP contribution in [0.5, 0.6) is 0 Å². The van der Waals surface area contributed by atoms with Gasteiger partial charge >= 0.3 is 0 Å². The molecule has 0 bridgehead atoms. The maximum absolute atomic E-state index is 12.5. The molecular weight excluding hydrogens is 272 g/mol. The van der Waals surface area contributed by atoms with E-state index in [0.29, 0.717) is 5.92 Å². The van der Waals surface area contributed by atoms with Gasteiger partial charge in [0.25, 0.3) is 0 Å². The van der Waals surface area contributed by atoms with Gasteiger partial charge in [-0.2, -0.15) is 0 Å². The number of hydrogen-bond donors (Lipinski definition) is 1. The SMILES string of the molecule is CCCCN1C(=O)C(C(C)C)NC1c1ccc(Cl)cc1. The van der Waals surface area contributed by atoms with Crippen LogP contribution in [0.2, 0.25) is 5.02 Å². The molecule has 0 aromatic heterocycles. The molecule has 0 spiro atoms. The summed E-state index contributed by atoms with van der Waals surface area (Å²) in [5.41, 5.74) is 1.10. The number of unbranched alkanes of at least 4 members (excludes halogenated alkanes) is 1. The fourth-order valence-electron chi connectivity index (χ4n) is 2.60. The second-order valence-electron chi connectivity index (χ2n) is 5.73. The minimum atomic E-state index is -0.0902. The number of carbonyl (C=O) groups is 1. The molecule has 1 N–H and O–H groups in total. The van der Waals surface area contributed by atoms with Gasteiger partial charge in [0.05, 0.1) is 6.04 Å². The quantitative estimate of drug-likeness (QED) is 0.900. The van der Waals surface area contributed by atoms with E-state index in [0.717, 1.165) is 30.0 Å². The highest BCUT2D eigenvalue weighted by molar-refractivity contribution is 6.30. The summed E-state index contributed by atoms with van der Waals surface area (Å²) >= 11 is 5.95. The Balaban J connectivity index is 2.23. The monoisotopic (exact) mass is 294 g/mol. The standard InChI is InChI=1S/C16H23ClN2O/c1-4-5-10-19-15(12-6-8-13(17)9-7-12)18-14(11(2)3)16(19)20/h6-9,11,14-15,18H,4-5,10H2,1-3H3. The second kappa shape index (κ2) is 6.59. The van der Waals surface area contributed by atoms with Crippen molar-refractivity contribution in [3.63, 3.8) is 0 Å². The van der Waals surface area contributed by atoms with Gasteiger partial charge in [-0.05, 0) is 30.0 Å². The number of nitrogens with zero attached hydrogens (tertiary/aromatic N) is 1. The molecule has 1 aromatic carbocycles. The number of halogens is 1. The smallest absolute Gasteiger partial charge is 0.241 e. The van der Waals surface area contributed by atoms with Crippen LogP contribution in [-0.4, -0.2) is 23.4 Å². The molecule has 1 saturated heterocycles. The van der Waals surface area contributed by atoms with Gasteiger partial charge in [-0.3, -0.25) is 10.1 Å². The zero-order chi connectivity index (χ0) is 14.7. The van der Waals surface area contributed by atoms with Crippen LogP contribution in [0.4, 0.5) is 0 Å². The van der Waals surface area contributed by atoms with Gasteiger partial charge in [-0.15, -0.1) is 0 Å². The Morgan fingerprint density at radius 1 is 1.30 bits per heavy atom. The van der Waals surface area contributed by atoms with Crippen molar-refractivity contribution >= 4 is 17.5 Å². The van der Waals surface area contributed by atoms with Gasteiger partial charge in [-0.25, -0.2) is 0 Å². The van der Waals surface area contributed by atoms with Crippen molar-refractivity contribution in [3.8, 4) is 0 Å². The van der Waals surface area contributed by atoms with Crippen LogP contribution in [0, 0.1) is 5.92 Å². The first-order chi connectivity index (χ1) is 9.54. The predicted octanol–water partition coefficient (Wildman–Crippen LogP) is 3.60. The van der Waals surface area contributed by atoms with Crippen LogP contribution < -0.4 is 5.32 Å². The predicted molar refractivity (Wildman–Crippen MR) is 82.6 cm³/mol. The topological polar surface area (TPSA) is 32.3 Å². The third-order valence-corrected chi connectivity index (χ3v) is 4.06. The lowest BCUT2D eigenvalue weighted by Gasteiger charge is -2.24. The van der Waals surface area contributed by atoms with E-state index in [1.807, 2.05) is 29.2 Å². The van der Waals surface area contributed by atoms with Crippen LogP contribution in [0.1, 0.15) is 45.3 Å². The molecule has 4 heteroatoms. The highest BCUT2D eigenvalue weighted by Gasteiger charge is 2.40. The Morgan fingerprint density at radius 3 is 2.50 bits per heavy atom. The van der Waals surface area contributed by atoms with Gasteiger partial charge < -0.3 is 4.90 Å². The molecule has 1 aromatic rings. The molecule has 3 nitrogen and oxygen atoms in total. The Labute approximate surface area is 126 Å². The zero-order valence-corrected chi connectivity index (χ0v) is 13.2. The molecule has 2 rings (SSSR count). The summed E-state index contributed by atoms with van der Waals surface area (Å²) in [6, 6.07) is 7.66. The number of amides is 1. The van der Waals surface area contributed by atoms with Crippen LogP contribution in [0.25, 0.3) is 0 Å². The van der Waals surface area contributed by atoms with Crippen molar-refractivity contribution in [1.82, 2.24) is 10.2 Å². The number of carbonyl (C=O) groups excluding carboxylic acids is 1. The molecule has 0 saturated carbocycles. The van der Waals surface area contributed by atoms with Gasteiger partial charge in [0.15, 0.2) is 0 Å². The largest absolute Gasteiger partial charge is 0.322 e. The first-order valence-corrected chi connectivity index (χ1v) is 7.74. The van der Waals surface area contributed by atoms with E-state index in [4.69, 9.17) is 11.6 Å². The summed E-state index contributed by atoms with van der Waals surface area (Å²) in [7, 11) is 0. The lowest BCUT2D eigenvalue weighted by Crippen LogP contribution is -2.34. The highest BCUT2D eigenvalue weighted by atomic mass is 35.5. The highest BCUT2D eigenvalue weighted by Crippen LogP contribution is 2.29. The summed E-state index contributed by atoms with van der Waals surface area (Å²) in [6.45, 7) is 7.11. The number of hydrogen-bond acceptors (Lipinski definition) is 2. The first kappa shape index (κ1) is 15.3. The Bertz CT molecular complexity index is 458. The van der Waals surface area contributed by atoms with Crippen molar-refractivity contribution in [3.05, 3.63) is 34.9 Å². The van der Waals surface area contributed by atoms with Crippen LogP contribution in [0.15, 0.2) is 24.3 Å². The summed E-state index contributed by atoms with van der Waals surface area (Å²) in [4.78, 5) is 14.5. The van der Waals surface area contributed by atoms with E-state index in [1.54, 1.807) is 0 Å². The van der Waals surface area contributed by atoms with Crippen LogP contribution in [-0.2, 0) is 4.79 Å². The number of rotatable bonds is 5. The zero-order valence-electron chi connectivity index (χ0n) is 12.4. The average molecular weight is 295 g/mol. The van der Waals surface area contributed by atoms with Crippen LogP contribution in [0.3, 0.4) is 0 Å². The average Bonchev–Trinajstić information content (AvgIpc) is 2.75. The molecule has 1 amide bonds. The maximum atomic E-state index is 12.5. The number of benzene rings is 1. The summed E-state index contributed by atoms with van der Waals surface area (Å²) in [5, 5.41) is 4.19. The molecule has 1 aliphatic rings. The molecule has 20 heavy (non-hydrogen) atoms. The first-order valence-electron chi connectivity index (χ1n) is 7.36. The fourth-order valence-corrected chi connectivity index (χ4v) is 2.73. The third-order valence-electron chi connectivity index (χ3n) is 3.80. The Hall–Kier alpha value is -1.06. The molecular formula is C16H23ClN2O. The summed E-state index contributed by atoms with van der Waals surface area (Å²) in [6.07, 6.45) is 2.09. The molecule has 0 aliphatic carbocycles. The van der Waals surface area contributed by atoms with E-state index >= 15 is 0 Å². The maximum Gasteiger partial charge on any atom is 0.241 e. The van der Waals surface area contributed by atoms with E-state index in [1.165, 1.54) is 0 Å². The molecule has 2 unspecified atom stereocenters. The van der Waals surface area contributed by atoms with Gasteiger partial charge in [0.2, 0.25) is 5.91 Å². The van der Waals surface area contributed by atoms with Crippen molar-refractivity contribution in [2.45, 2.75) is 45.8 Å². The van der Waals surface area contributed by atoms with Crippen molar-refractivity contribution < 1.29 is 4.79 Å². The second-order valence-corrected chi connectivity index (χ2v) is 6.16. The summed E-state index contributed by atoms with van der Waals surface area (Å²) < 4.78 is 0. The van der Waals surface area contributed by atoms with E-state index in [-0.39, 0.29) is 18.1 Å². The van der Waals surface area contributed by atoms with Crippen molar-refractivity contribution in [1.29, 1.82) is 0 Å². The molecule has 0 radical (unpaired) electrons. The lowest BCUT2D eigenvalue weighted by atomic mass is 10.1. The lowest BCUT2D eigenvalue weighted by molar-refractivity contribution is -0.130. The molecule has 110 valence electrons. The number of nitrogens with one attached hydrogen (secondary N) is 1. The fraction of sp³-hybridized carbons (Fsp3) is 0.562. The normalized spacial score (nSPS) is 22.9. The molecule has 2 atom stereocenters. The Kier molecular flexibility index (Phi) is 5.06. The van der Waals surface area contributed by atoms with Crippen molar-refractivity contribution in [2.75, 3.05) is 6.54 Å². The minimum absolute atomic E-state index is 0.0290.